The maximum absolute atomic E-state index is 12.8. The molecule has 9 heteroatoms. The Hall–Kier alpha value is -0.760. The molecule has 0 saturated carbocycles. The van der Waals surface area contributed by atoms with Crippen LogP contribution in [-0.4, -0.2) is 70.7 Å². The van der Waals surface area contributed by atoms with Crippen molar-refractivity contribution in [1.29, 1.82) is 0 Å². The molecule has 0 rings (SSSR count). The summed E-state index contributed by atoms with van der Waals surface area (Å²) in [5, 5.41) is 0. The number of allylic oxidation sites excluding steroid dienone is 2. The summed E-state index contributed by atoms with van der Waals surface area (Å²) < 4.78 is 34.8. The fraction of sp³-hybridized carbons (Fsp3) is 0.946. The summed E-state index contributed by atoms with van der Waals surface area (Å²) in [5.41, 5.74) is 0. The van der Waals surface area contributed by atoms with E-state index in [2.05, 4.69) is 26.0 Å². The molecule has 8 nitrogen and oxygen atoms in total. The van der Waals surface area contributed by atoms with Crippen molar-refractivity contribution in [3.05, 3.63) is 12.2 Å². The highest BCUT2D eigenvalue weighted by Crippen LogP contribution is 2.38. The SMILES string of the molecule is CCCCCCCCCC/C=C\CCCCCCCCCCCCCCCC(=O)OC(COCCCCCCCCCCCCCCCCCCCC)COP(=O)([O-])OCC[N+](C)(C)C. The minimum atomic E-state index is -4.53. The van der Waals surface area contributed by atoms with Gasteiger partial charge in [-0.05, 0) is 38.5 Å². The number of hydrogen-bond donors (Lipinski definition) is 0. The van der Waals surface area contributed by atoms with Crippen molar-refractivity contribution in [2.45, 2.75) is 290 Å². The van der Waals surface area contributed by atoms with Gasteiger partial charge in [0, 0.05) is 13.0 Å². The van der Waals surface area contributed by atoms with E-state index in [1.54, 1.807) is 0 Å². The molecule has 0 bridgehead atoms. The van der Waals surface area contributed by atoms with Gasteiger partial charge in [0.1, 0.15) is 19.3 Å². The van der Waals surface area contributed by atoms with E-state index in [4.69, 9.17) is 18.5 Å². The van der Waals surface area contributed by atoms with Gasteiger partial charge in [0.2, 0.25) is 0 Å². The molecule has 0 aromatic carbocycles. The Labute approximate surface area is 405 Å². The third kappa shape index (κ3) is 54.1. The van der Waals surface area contributed by atoms with Gasteiger partial charge in [-0.15, -0.1) is 0 Å². The molecule has 2 atom stereocenters. The second-order valence-corrected chi connectivity index (χ2v) is 22.1. The normalized spacial score (nSPS) is 13.5. The molecule has 0 fully saturated rings. The van der Waals surface area contributed by atoms with E-state index in [0.29, 0.717) is 24.1 Å². The van der Waals surface area contributed by atoms with Crippen LogP contribution in [0.15, 0.2) is 12.2 Å². The summed E-state index contributed by atoms with van der Waals surface area (Å²) in [6.45, 7) is 5.49. The summed E-state index contributed by atoms with van der Waals surface area (Å²) in [7, 11) is 1.38. The van der Waals surface area contributed by atoms with Gasteiger partial charge >= 0.3 is 5.97 Å². The number of likely N-dealkylation sites (N-methyl/N-ethyl adjacent to an activating group) is 1. The lowest BCUT2D eigenvalue weighted by molar-refractivity contribution is -0.870. The predicted molar refractivity (Wildman–Crippen MR) is 278 cm³/mol. The van der Waals surface area contributed by atoms with E-state index in [9.17, 15) is 14.3 Å². The van der Waals surface area contributed by atoms with E-state index in [1.807, 2.05) is 21.1 Å². The number of quaternary nitrogens is 1. The Balaban J connectivity index is 4.02. The first-order valence-electron chi connectivity index (χ1n) is 28.4. The summed E-state index contributed by atoms with van der Waals surface area (Å²) in [6, 6.07) is 0. The average molecular weight is 942 g/mol. The molecular weight excluding hydrogens is 830 g/mol. The van der Waals surface area contributed by atoms with Crippen LogP contribution in [0.5, 0.6) is 0 Å². The maximum atomic E-state index is 12.8. The van der Waals surface area contributed by atoms with Gasteiger partial charge in [0.25, 0.3) is 7.82 Å². The molecule has 0 aromatic heterocycles. The Morgan fingerprint density at radius 1 is 0.462 bits per heavy atom. The first kappa shape index (κ1) is 64.2. The van der Waals surface area contributed by atoms with Gasteiger partial charge in [-0.1, -0.05) is 251 Å². The zero-order valence-corrected chi connectivity index (χ0v) is 45.1. The summed E-state index contributed by atoms with van der Waals surface area (Å²) in [6.07, 6.45) is 58.2. The third-order valence-corrected chi connectivity index (χ3v) is 13.8. The highest BCUT2D eigenvalue weighted by Gasteiger charge is 2.20. The molecule has 0 radical (unpaired) electrons. The fourth-order valence-electron chi connectivity index (χ4n) is 8.43. The zero-order chi connectivity index (χ0) is 47.6. The number of carbonyl (C=O) groups is 1. The third-order valence-electron chi connectivity index (χ3n) is 12.8. The molecule has 0 aromatic rings. The number of hydrogen-bond acceptors (Lipinski definition) is 7. The summed E-state index contributed by atoms with van der Waals surface area (Å²) in [5.74, 6) is -0.326. The van der Waals surface area contributed by atoms with Crippen LogP contribution in [0, 0.1) is 0 Å². The second kappa shape index (κ2) is 49.7. The van der Waals surface area contributed by atoms with E-state index in [0.717, 1.165) is 32.1 Å². The van der Waals surface area contributed by atoms with E-state index in [-0.39, 0.29) is 25.8 Å². The highest BCUT2D eigenvalue weighted by molar-refractivity contribution is 7.45. The van der Waals surface area contributed by atoms with Gasteiger partial charge in [0.15, 0.2) is 0 Å². The smallest absolute Gasteiger partial charge is 0.306 e. The number of rotatable bonds is 54. The monoisotopic (exact) mass is 942 g/mol. The van der Waals surface area contributed by atoms with Crippen molar-refractivity contribution in [3.63, 3.8) is 0 Å². The van der Waals surface area contributed by atoms with Crippen molar-refractivity contribution in [2.24, 2.45) is 0 Å². The van der Waals surface area contributed by atoms with E-state index >= 15 is 0 Å². The quantitative estimate of drug-likeness (QED) is 0.0197. The number of esters is 1. The van der Waals surface area contributed by atoms with Crippen molar-refractivity contribution < 1.29 is 37.3 Å². The first-order valence-corrected chi connectivity index (χ1v) is 29.9. The molecular formula is C56H112NO7P. The van der Waals surface area contributed by atoms with Gasteiger partial charge in [-0.3, -0.25) is 9.36 Å². The molecule has 0 aliphatic rings. The lowest BCUT2D eigenvalue weighted by Gasteiger charge is -2.28. The molecule has 0 spiro atoms. The van der Waals surface area contributed by atoms with Crippen LogP contribution in [0.1, 0.15) is 284 Å². The maximum Gasteiger partial charge on any atom is 0.306 e. The Morgan fingerprint density at radius 2 is 0.800 bits per heavy atom. The van der Waals surface area contributed by atoms with E-state index < -0.39 is 13.9 Å². The van der Waals surface area contributed by atoms with Crippen LogP contribution in [0.2, 0.25) is 0 Å². The summed E-state index contributed by atoms with van der Waals surface area (Å²) >= 11 is 0. The molecule has 0 heterocycles. The Morgan fingerprint density at radius 3 is 1.17 bits per heavy atom. The lowest BCUT2D eigenvalue weighted by Crippen LogP contribution is -2.37. The fourth-order valence-corrected chi connectivity index (χ4v) is 9.16. The van der Waals surface area contributed by atoms with Crippen molar-refractivity contribution in [2.75, 3.05) is 54.1 Å². The average Bonchev–Trinajstić information content (AvgIpc) is 3.27. The minimum absolute atomic E-state index is 0.0303. The number of phosphoric acid groups is 1. The van der Waals surface area contributed by atoms with Crippen molar-refractivity contribution in [3.8, 4) is 0 Å². The minimum Gasteiger partial charge on any atom is -0.756 e. The van der Waals surface area contributed by atoms with Gasteiger partial charge in [0.05, 0.1) is 34.4 Å². The van der Waals surface area contributed by atoms with Crippen LogP contribution < -0.4 is 4.89 Å². The molecule has 0 saturated heterocycles. The molecule has 0 amide bonds. The van der Waals surface area contributed by atoms with E-state index in [1.165, 1.54) is 231 Å². The molecule has 65 heavy (non-hydrogen) atoms. The van der Waals surface area contributed by atoms with Crippen LogP contribution in [-0.2, 0) is 27.9 Å². The number of unbranched alkanes of at least 4 members (excludes halogenated alkanes) is 38. The molecule has 388 valence electrons. The van der Waals surface area contributed by atoms with Crippen molar-refractivity contribution in [1.82, 2.24) is 0 Å². The molecule has 0 aliphatic carbocycles. The van der Waals surface area contributed by atoms with Gasteiger partial charge < -0.3 is 27.9 Å². The standard InChI is InChI=1S/C56H112NO7P/c1-6-8-10-12-14-16-18-20-22-24-26-27-28-29-30-31-32-33-35-37-39-41-43-45-47-49-56(58)64-55(54-63-65(59,60)62-52-50-57(3,4)5)53-61-51-48-46-44-42-40-38-36-34-25-23-21-19-17-15-13-11-9-7-2/h24,26,55H,6-23,25,27-54H2,1-5H3/b26-24-. The number of carbonyl (C=O) groups excluding carboxylic acids is 1. The van der Waals surface area contributed by atoms with Gasteiger partial charge in [-0.2, -0.15) is 0 Å². The molecule has 2 unspecified atom stereocenters. The number of phosphoric ester groups is 1. The Kier molecular flexibility index (Phi) is 49.1. The second-order valence-electron chi connectivity index (χ2n) is 20.7. The van der Waals surface area contributed by atoms with Crippen LogP contribution in [0.4, 0.5) is 0 Å². The number of nitrogens with zero attached hydrogens (tertiary/aromatic N) is 1. The zero-order valence-electron chi connectivity index (χ0n) is 44.2. The van der Waals surface area contributed by atoms with Crippen LogP contribution in [0.25, 0.3) is 0 Å². The first-order chi connectivity index (χ1) is 31.6. The Bertz CT molecular complexity index is 1050. The topological polar surface area (TPSA) is 94.1 Å². The lowest BCUT2D eigenvalue weighted by atomic mass is 10.0. The molecule has 0 aliphatic heterocycles. The molecule has 0 N–H and O–H groups in total. The van der Waals surface area contributed by atoms with Crippen LogP contribution in [0.3, 0.4) is 0 Å². The van der Waals surface area contributed by atoms with Crippen molar-refractivity contribution >= 4 is 13.8 Å². The van der Waals surface area contributed by atoms with Gasteiger partial charge in [-0.25, -0.2) is 0 Å². The van der Waals surface area contributed by atoms with Crippen LogP contribution >= 0.6 is 7.82 Å². The predicted octanol–water partition coefficient (Wildman–Crippen LogP) is 17.1. The summed E-state index contributed by atoms with van der Waals surface area (Å²) in [4.78, 5) is 25.2. The number of ether oxygens (including phenoxy) is 2. The largest absolute Gasteiger partial charge is 0.756 e. The highest BCUT2D eigenvalue weighted by atomic mass is 31.2.